The van der Waals surface area contributed by atoms with Crippen LogP contribution in [0.4, 0.5) is 5.95 Å². The molecule has 0 N–H and O–H groups in total. The lowest BCUT2D eigenvalue weighted by Gasteiger charge is -2.36. The number of carbonyl (C=O) groups is 1. The van der Waals surface area contributed by atoms with Crippen molar-refractivity contribution in [3.05, 3.63) is 23.7 Å². The van der Waals surface area contributed by atoms with E-state index in [1.807, 2.05) is 19.2 Å². The first-order valence-corrected chi connectivity index (χ1v) is 12.1. The molecule has 8 heteroatoms. The van der Waals surface area contributed by atoms with E-state index >= 15 is 0 Å². The summed E-state index contributed by atoms with van der Waals surface area (Å²) in [6.07, 6.45) is 9.57. The SMILES string of the molecule is Cc1cc(-c2cnc(N3CCOCC3)nc2C2CCCN(C(=O)C3CCCCC3)C2)on1. The smallest absolute Gasteiger partial charge is 0.225 e. The van der Waals surface area contributed by atoms with Gasteiger partial charge in [-0.25, -0.2) is 9.97 Å². The molecule has 2 aromatic rings. The number of aromatic nitrogens is 3. The van der Waals surface area contributed by atoms with Gasteiger partial charge >= 0.3 is 0 Å². The van der Waals surface area contributed by atoms with Crippen molar-refractivity contribution in [1.29, 1.82) is 0 Å². The van der Waals surface area contributed by atoms with E-state index in [0.717, 1.165) is 74.8 Å². The molecule has 1 unspecified atom stereocenters. The summed E-state index contributed by atoms with van der Waals surface area (Å²) >= 11 is 0. The highest BCUT2D eigenvalue weighted by atomic mass is 16.5. The maximum absolute atomic E-state index is 13.2. The molecule has 2 saturated heterocycles. The first kappa shape index (κ1) is 21.4. The number of carbonyl (C=O) groups excluding carboxylic acids is 1. The number of hydrogen-bond donors (Lipinski definition) is 0. The van der Waals surface area contributed by atoms with Gasteiger partial charge in [0.15, 0.2) is 5.76 Å². The summed E-state index contributed by atoms with van der Waals surface area (Å²) in [5.41, 5.74) is 2.69. The van der Waals surface area contributed by atoms with Crippen LogP contribution < -0.4 is 4.90 Å². The second-order valence-corrected chi connectivity index (χ2v) is 9.36. The van der Waals surface area contributed by atoms with Crippen LogP contribution in [0.5, 0.6) is 0 Å². The maximum atomic E-state index is 13.2. The number of aryl methyl sites for hydroxylation is 1. The van der Waals surface area contributed by atoms with Gasteiger partial charge in [0.25, 0.3) is 0 Å². The van der Waals surface area contributed by atoms with E-state index in [1.54, 1.807) is 0 Å². The van der Waals surface area contributed by atoms with E-state index in [9.17, 15) is 4.79 Å². The number of rotatable bonds is 4. The molecule has 2 aromatic heterocycles. The summed E-state index contributed by atoms with van der Waals surface area (Å²) in [6, 6.07) is 1.93. The highest BCUT2D eigenvalue weighted by molar-refractivity contribution is 5.79. The molecule has 0 spiro atoms. The van der Waals surface area contributed by atoms with Crippen molar-refractivity contribution in [2.45, 2.75) is 57.8 Å². The second kappa shape index (κ2) is 9.57. The second-order valence-electron chi connectivity index (χ2n) is 9.36. The predicted molar refractivity (Wildman–Crippen MR) is 120 cm³/mol. The summed E-state index contributed by atoms with van der Waals surface area (Å²) in [4.78, 5) is 27.2. The summed E-state index contributed by atoms with van der Waals surface area (Å²) in [5, 5.41) is 4.07. The zero-order chi connectivity index (χ0) is 21.9. The molecule has 0 bridgehead atoms. The third-order valence-corrected chi connectivity index (χ3v) is 7.07. The molecule has 1 saturated carbocycles. The number of morpholine rings is 1. The number of amides is 1. The van der Waals surface area contributed by atoms with Crippen molar-refractivity contribution in [1.82, 2.24) is 20.0 Å². The van der Waals surface area contributed by atoms with E-state index in [2.05, 4.69) is 19.9 Å². The minimum Gasteiger partial charge on any atom is -0.378 e. The summed E-state index contributed by atoms with van der Waals surface area (Å²) in [6.45, 7) is 6.44. The molecule has 5 rings (SSSR count). The van der Waals surface area contributed by atoms with Gasteiger partial charge in [0, 0.05) is 50.3 Å². The first-order chi connectivity index (χ1) is 15.7. The normalized spacial score (nSPS) is 22.8. The van der Waals surface area contributed by atoms with Gasteiger partial charge in [0.05, 0.1) is 30.2 Å². The topological polar surface area (TPSA) is 84.6 Å². The molecule has 3 fully saturated rings. The fraction of sp³-hybridized carbons (Fsp3) is 0.667. The van der Waals surface area contributed by atoms with Crippen LogP contribution in [0.2, 0.25) is 0 Å². The Morgan fingerprint density at radius 2 is 1.88 bits per heavy atom. The van der Waals surface area contributed by atoms with Gasteiger partial charge in [0.1, 0.15) is 0 Å². The van der Waals surface area contributed by atoms with Crippen molar-refractivity contribution in [2.24, 2.45) is 5.92 Å². The summed E-state index contributed by atoms with van der Waals surface area (Å²) in [7, 11) is 0. The fourth-order valence-electron chi connectivity index (χ4n) is 5.30. The third-order valence-electron chi connectivity index (χ3n) is 7.07. The summed E-state index contributed by atoms with van der Waals surface area (Å²) < 4.78 is 11.1. The number of likely N-dealkylation sites (tertiary alicyclic amines) is 1. The Morgan fingerprint density at radius 3 is 2.62 bits per heavy atom. The average molecular weight is 440 g/mol. The minimum atomic E-state index is 0.166. The zero-order valence-corrected chi connectivity index (χ0v) is 19.0. The van der Waals surface area contributed by atoms with Crippen LogP contribution in [0.15, 0.2) is 16.8 Å². The minimum absolute atomic E-state index is 0.166. The Hall–Kier alpha value is -2.48. The van der Waals surface area contributed by atoms with E-state index in [0.29, 0.717) is 24.9 Å². The molecule has 0 radical (unpaired) electrons. The average Bonchev–Trinajstić information content (AvgIpc) is 3.30. The summed E-state index contributed by atoms with van der Waals surface area (Å²) in [5.74, 6) is 2.14. The van der Waals surface area contributed by atoms with Crippen molar-refractivity contribution >= 4 is 11.9 Å². The molecule has 1 atom stereocenters. The Bertz CT molecular complexity index is 933. The Kier molecular flexibility index (Phi) is 6.39. The molecule has 172 valence electrons. The quantitative estimate of drug-likeness (QED) is 0.720. The molecule has 1 aliphatic carbocycles. The van der Waals surface area contributed by atoms with Gasteiger partial charge in [-0.15, -0.1) is 0 Å². The molecule has 32 heavy (non-hydrogen) atoms. The number of anilines is 1. The van der Waals surface area contributed by atoms with Gasteiger partial charge in [-0.05, 0) is 32.6 Å². The molecular formula is C24H33N5O3. The van der Waals surface area contributed by atoms with Gasteiger partial charge in [-0.3, -0.25) is 4.79 Å². The van der Waals surface area contributed by atoms with Crippen LogP contribution >= 0.6 is 0 Å². The highest BCUT2D eigenvalue weighted by Gasteiger charge is 2.33. The van der Waals surface area contributed by atoms with Gasteiger partial charge in [0.2, 0.25) is 11.9 Å². The van der Waals surface area contributed by atoms with Crippen LogP contribution in [0.25, 0.3) is 11.3 Å². The number of hydrogen-bond acceptors (Lipinski definition) is 7. The van der Waals surface area contributed by atoms with E-state index in [1.165, 1.54) is 19.3 Å². The lowest BCUT2D eigenvalue weighted by Crippen LogP contribution is -2.43. The third kappa shape index (κ3) is 4.51. The molecule has 4 heterocycles. The van der Waals surface area contributed by atoms with Crippen molar-refractivity contribution < 1.29 is 14.1 Å². The molecule has 8 nitrogen and oxygen atoms in total. The zero-order valence-electron chi connectivity index (χ0n) is 19.0. The van der Waals surface area contributed by atoms with Crippen molar-refractivity contribution in [2.75, 3.05) is 44.3 Å². The number of piperidine rings is 1. The van der Waals surface area contributed by atoms with Gasteiger partial charge < -0.3 is 19.1 Å². The van der Waals surface area contributed by atoms with Gasteiger partial charge in [-0.2, -0.15) is 0 Å². The fourth-order valence-corrected chi connectivity index (χ4v) is 5.30. The molecule has 1 amide bonds. The van der Waals surface area contributed by atoms with E-state index in [-0.39, 0.29) is 11.8 Å². The van der Waals surface area contributed by atoms with E-state index in [4.69, 9.17) is 14.2 Å². The lowest BCUT2D eigenvalue weighted by atomic mass is 9.86. The van der Waals surface area contributed by atoms with E-state index < -0.39 is 0 Å². The first-order valence-electron chi connectivity index (χ1n) is 12.1. The monoisotopic (exact) mass is 439 g/mol. The van der Waals surface area contributed by atoms with Crippen LogP contribution in [-0.4, -0.2) is 65.3 Å². The number of nitrogens with zero attached hydrogens (tertiary/aromatic N) is 5. The van der Waals surface area contributed by atoms with Crippen LogP contribution in [0, 0.1) is 12.8 Å². The van der Waals surface area contributed by atoms with Crippen molar-refractivity contribution in [3.8, 4) is 11.3 Å². The Labute approximate surface area is 189 Å². The largest absolute Gasteiger partial charge is 0.378 e. The molecular weight excluding hydrogens is 406 g/mol. The van der Waals surface area contributed by atoms with Crippen molar-refractivity contribution in [3.63, 3.8) is 0 Å². The van der Waals surface area contributed by atoms with Gasteiger partial charge in [-0.1, -0.05) is 24.4 Å². The lowest BCUT2D eigenvalue weighted by molar-refractivity contribution is -0.137. The molecule has 3 aliphatic rings. The standard InChI is InChI=1S/C24H33N5O3/c1-17-14-21(32-27-17)20-15-25-24(28-10-12-31-13-11-28)26-22(20)19-8-5-9-29(16-19)23(30)18-6-3-2-4-7-18/h14-15,18-19H,2-13,16H2,1H3. The number of ether oxygens (including phenoxy) is 1. The predicted octanol–water partition coefficient (Wildman–Crippen LogP) is 3.56. The maximum Gasteiger partial charge on any atom is 0.225 e. The highest BCUT2D eigenvalue weighted by Crippen LogP contribution is 2.35. The Morgan fingerprint density at radius 1 is 1.06 bits per heavy atom. The molecule has 2 aliphatic heterocycles. The van der Waals surface area contributed by atoms with Crippen LogP contribution in [0.1, 0.15) is 62.3 Å². The van der Waals surface area contributed by atoms with Crippen LogP contribution in [-0.2, 0) is 9.53 Å². The van der Waals surface area contributed by atoms with Crippen LogP contribution in [0.3, 0.4) is 0 Å². The molecule has 0 aromatic carbocycles. The Balaban J connectivity index is 1.43.